The molecule has 0 bridgehead atoms. The maximum Gasteiger partial charge on any atom is 0 e. The molecule has 0 aromatic heterocycles. The van der Waals surface area contributed by atoms with E-state index in [1.807, 2.05) is 11.8 Å². The molecule has 0 heterocycles. The van der Waals surface area contributed by atoms with E-state index in [-0.39, 0.29) is 17.4 Å². The molecular formula is C18H16CrO3S. The van der Waals surface area contributed by atoms with Gasteiger partial charge in [-0.2, -0.15) is 11.8 Å². The second kappa shape index (κ2) is 20.5. The van der Waals surface area contributed by atoms with Crippen LogP contribution in [0.2, 0.25) is 0 Å². The number of benzene rings is 2. The Balaban J connectivity index is -0.000000514. The molecule has 0 saturated carbocycles. The Morgan fingerprint density at radius 3 is 1.57 bits per heavy atom. The third-order valence-electron chi connectivity index (χ3n) is 2.72. The van der Waals surface area contributed by atoms with Crippen molar-refractivity contribution in [3.05, 3.63) is 91.7 Å². The van der Waals surface area contributed by atoms with Crippen LogP contribution >= 0.6 is 11.8 Å². The molecule has 0 spiro atoms. The molecule has 0 aliphatic carbocycles. The van der Waals surface area contributed by atoms with E-state index >= 15 is 0 Å². The normalized spacial score (nSPS) is 8.83. The molecule has 0 aliphatic heterocycles. The minimum atomic E-state index is 0. The zero-order valence-corrected chi connectivity index (χ0v) is 14.7. The van der Waals surface area contributed by atoms with Gasteiger partial charge in [0.1, 0.15) is 0 Å². The minimum Gasteiger partial charge on any atom is 0 e. The summed E-state index contributed by atoms with van der Waals surface area (Å²) in [6, 6.07) is 21.4. The van der Waals surface area contributed by atoms with Crippen LogP contribution in [0.3, 0.4) is 0 Å². The van der Waals surface area contributed by atoms with Crippen molar-refractivity contribution in [2.75, 3.05) is 6.26 Å². The maximum atomic E-state index is 7.50. The third kappa shape index (κ3) is 11.7. The van der Waals surface area contributed by atoms with Gasteiger partial charge in [-0.15, -0.1) is 0 Å². The standard InChI is InChI=1S/C15H16S.3CO.Cr/c1-16-15(14-10-6-3-7-11-14)12-13-8-4-2-5-9-13;3*1-2;/h2-11,15H,12H2,1H3;;;;/t15-;;;;/m0..../s1. The summed E-state index contributed by atoms with van der Waals surface area (Å²) >= 11 is 1.92. The van der Waals surface area contributed by atoms with E-state index in [2.05, 4.69) is 86.9 Å². The molecule has 0 radical (unpaired) electrons. The summed E-state index contributed by atoms with van der Waals surface area (Å²) < 4.78 is 22.5. The Bertz CT molecular complexity index is 524. The van der Waals surface area contributed by atoms with Crippen LogP contribution in [-0.2, 0) is 37.7 Å². The molecule has 1 atom stereocenters. The topological polar surface area (TPSA) is 59.7 Å². The van der Waals surface area contributed by atoms with Crippen LogP contribution in [-0.4, -0.2) is 6.26 Å². The quantitative estimate of drug-likeness (QED) is 0.592. The van der Waals surface area contributed by atoms with Crippen molar-refractivity contribution in [2.24, 2.45) is 0 Å². The van der Waals surface area contributed by atoms with Gasteiger partial charge in [-0.25, -0.2) is 0 Å². The second-order valence-electron chi connectivity index (χ2n) is 3.82. The van der Waals surface area contributed by atoms with E-state index in [4.69, 9.17) is 14.0 Å². The van der Waals surface area contributed by atoms with E-state index in [0.29, 0.717) is 5.25 Å². The molecule has 2 rings (SSSR count). The summed E-state index contributed by atoms with van der Waals surface area (Å²) in [6.07, 6.45) is 3.28. The van der Waals surface area contributed by atoms with Crippen LogP contribution in [0.4, 0.5) is 0 Å². The van der Waals surface area contributed by atoms with E-state index in [9.17, 15) is 0 Å². The van der Waals surface area contributed by atoms with Crippen molar-refractivity contribution >= 4 is 11.8 Å². The predicted molar refractivity (Wildman–Crippen MR) is 84.6 cm³/mol. The van der Waals surface area contributed by atoms with Gasteiger partial charge < -0.3 is 0 Å². The summed E-state index contributed by atoms with van der Waals surface area (Å²) in [5.41, 5.74) is 2.82. The molecule has 0 N–H and O–H groups in total. The van der Waals surface area contributed by atoms with E-state index in [1.165, 1.54) is 11.1 Å². The van der Waals surface area contributed by atoms with Crippen molar-refractivity contribution in [3.8, 4) is 0 Å². The molecule has 3 nitrogen and oxygen atoms in total. The van der Waals surface area contributed by atoms with Gasteiger partial charge in [-0.3, -0.25) is 0 Å². The number of hydrogen-bond acceptors (Lipinski definition) is 1. The fourth-order valence-electron chi connectivity index (χ4n) is 1.83. The number of hydrogen-bond donors (Lipinski definition) is 0. The van der Waals surface area contributed by atoms with Crippen molar-refractivity contribution < 1.29 is 31.3 Å². The van der Waals surface area contributed by atoms with Gasteiger partial charge in [0.2, 0.25) is 0 Å². The molecule has 0 aliphatic rings. The Hall–Kier alpha value is -1.46. The Labute approximate surface area is 152 Å². The van der Waals surface area contributed by atoms with Crippen molar-refractivity contribution in [3.63, 3.8) is 0 Å². The maximum absolute atomic E-state index is 7.50. The molecule has 0 amide bonds. The fourth-order valence-corrected chi connectivity index (χ4v) is 2.62. The summed E-state index contributed by atoms with van der Waals surface area (Å²) in [7, 11) is 0. The largest absolute Gasteiger partial charge is 0 e. The Morgan fingerprint density at radius 2 is 1.17 bits per heavy atom. The average Bonchev–Trinajstić information content (AvgIpc) is 2.66. The predicted octanol–water partition coefficient (Wildman–Crippen LogP) is 4.22. The van der Waals surface area contributed by atoms with Gasteiger partial charge >= 0.3 is 33.9 Å². The first kappa shape index (κ1) is 26.4. The smallest absolute Gasteiger partial charge is 0 e. The number of rotatable bonds is 4. The first-order valence-corrected chi connectivity index (χ1v) is 7.42. The number of thioether (sulfide) groups is 1. The zero-order valence-electron chi connectivity index (χ0n) is 12.6. The first-order chi connectivity index (χ1) is 10.9. The van der Waals surface area contributed by atoms with Gasteiger partial charge in [0.05, 0.1) is 0 Å². The van der Waals surface area contributed by atoms with Gasteiger partial charge in [0.15, 0.2) is 0 Å². The van der Waals surface area contributed by atoms with Gasteiger partial charge in [0, 0.05) is 22.6 Å². The van der Waals surface area contributed by atoms with E-state index in [1.54, 1.807) is 0 Å². The molecule has 2 aromatic rings. The van der Waals surface area contributed by atoms with Crippen LogP contribution in [0.5, 0.6) is 0 Å². The van der Waals surface area contributed by atoms with Gasteiger partial charge in [0.25, 0.3) is 0 Å². The molecule has 2 aromatic carbocycles. The Morgan fingerprint density at radius 1 is 0.783 bits per heavy atom. The van der Waals surface area contributed by atoms with Crippen LogP contribution in [0.1, 0.15) is 16.4 Å². The Kier molecular flexibility index (Phi) is 23.6. The third-order valence-corrected chi connectivity index (χ3v) is 3.73. The van der Waals surface area contributed by atoms with Crippen molar-refractivity contribution in [2.45, 2.75) is 11.7 Å². The van der Waals surface area contributed by atoms with Crippen molar-refractivity contribution in [1.29, 1.82) is 0 Å². The molecule has 0 saturated heterocycles. The SMILES string of the molecule is CS[C@@H](Cc1ccccc1)c1ccccc1.[C-]#[O+].[C-]#[O+].[C-]#[O+].[Cr]. The minimum absolute atomic E-state index is 0. The summed E-state index contributed by atoms with van der Waals surface area (Å²) in [5.74, 6) is 0. The van der Waals surface area contributed by atoms with E-state index < -0.39 is 0 Å². The molecular weight excluding hydrogens is 348 g/mol. The monoisotopic (exact) mass is 364 g/mol. The molecule has 0 unspecified atom stereocenters. The molecule has 118 valence electrons. The van der Waals surface area contributed by atoms with Crippen molar-refractivity contribution in [1.82, 2.24) is 0 Å². The average molecular weight is 364 g/mol. The molecule has 0 fully saturated rings. The molecule has 5 heteroatoms. The zero-order chi connectivity index (χ0) is 17.2. The van der Waals surface area contributed by atoms with Crippen LogP contribution in [0.25, 0.3) is 0 Å². The van der Waals surface area contributed by atoms with Gasteiger partial charge in [-0.1, -0.05) is 60.7 Å². The molecule has 23 heavy (non-hydrogen) atoms. The van der Waals surface area contributed by atoms with Gasteiger partial charge in [-0.05, 0) is 23.8 Å². The van der Waals surface area contributed by atoms with Crippen LogP contribution in [0.15, 0.2) is 60.7 Å². The summed E-state index contributed by atoms with van der Waals surface area (Å²) in [6.45, 7) is 13.5. The van der Waals surface area contributed by atoms with E-state index in [0.717, 1.165) is 6.42 Å². The summed E-state index contributed by atoms with van der Waals surface area (Å²) in [5, 5.41) is 0.559. The summed E-state index contributed by atoms with van der Waals surface area (Å²) in [4.78, 5) is 0. The van der Waals surface area contributed by atoms with Crippen LogP contribution in [0, 0.1) is 20.0 Å². The fraction of sp³-hybridized carbons (Fsp3) is 0.167. The second-order valence-corrected chi connectivity index (χ2v) is 4.87. The van der Waals surface area contributed by atoms with Crippen LogP contribution < -0.4 is 0 Å². The first-order valence-electron chi connectivity index (χ1n) is 6.13.